The number of rotatable bonds is 6. The predicted octanol–water partition coefficient (Wildman–Crippen LogP) is 4.08. The molecule has 5 heteroatoms. The third-order valence-electron chi connectivity index (χ3n) is 4.63. The van der Waals surface area contributed by atoms with Crippen molar-refractivity contribution in [3.05, 3.63) is 65.5 Å². The highest BCUT2D eigenvalue weighted by atomic mass is 19.1. The van der Waals surface area contributed by atoms with Gasteiger partial charge >= 0.3 is 0 Å². The van der Waals surface area contributed by atoms with Crippen molar-refractivity contribution in [3.8, 4) is 0 Å². The lowest BCUT2D eigenvalue weighted by Crippen LogP contribution is -2.37. The molecule has 1 atom stereocenters. The standard InChI is InChI=1S/C21H23FN2O2/c1-14(19-5-3-4-6-20(19)22)24(18-11-12-18)21(26)13-16-7-9-17(10-8-16)23-15(2)25/h3-10,14,18H,11-13H2,1-2H3,(H,23,25). The topological polar surface area (TPSA) is 49.4 Å². The van der Waals surface area contributed by atoms with Crippen LogP contribution in [0.5, 0.6) is 0 Å². The molecule has 1 saturated carbocycles. The maximum Gasteiger partial charge on any atom is 0.227 e. The van der Waals surface area contributed by atoms with E-state index in [2.05, 4.69) is 5.32 Å². The molecule has 1 aliphatic rings. The van der Waals surface area contributed by atoms with Gasteiger partial charge in [0.2, 0.25) is 11.8 Å². The molecule has 1 N–H and O–H groups in total. The minimum absolute atomic E-state index is 0.00414. The predicted molar refractivity (Wildman–Crippen MR) is 99.1 cm³/mol. The molecule has 136 valence electrons. The first-order valence-electron chi connectivity index (χ1n) is 8.88. The molecule has 0 aromatic heterocycles. The number of hydrogen-bond acceptors (Lipinski definition) is 2. The maximum absolute atomic E-state index is 14.2. The van der Waals surface area contributed by atoms with Crippen LogP contribution in [0, 0.1) is 5.82 Å². The van der Waals surface area contributed by atoms with Crippen LogP contribution in [0.2, 0.25) is 0 Å². The van der Waals surface area contributed by atoms with Gasteiger partial charge in [-0.05, 0) is 43.5 Å². The van der Waals surface area contributed by atoms with Gasteiger partial charge < -0.3 is 10.2 Å². The van der Waals surface area contributed by atoms with Crippen LogP contribution in [0.1, 0.15) is 43.9 Å². The second-order valence-corrected chi connectivity index (χ2v) is 6.78. The van der Waals surface area contributed by atoms with E-state index >= 15 is 0 Å². The molecule has 4 nitrogen and oxygen atoms in total. The summed E-state index contributed by atoms with van der Waals surface area (Å²) in [5.41, 5.74) is 2.12. The Hall–Kier alpha value is -2.69. The van der Waals surface area contributed by atoms with Gasteiger partial charge in [0.05, 0.1) is 12.5 Å². The fourth-order valence-corrected chi connectivity index (χ4v) is 3.23. The van der Waals surface area contributed by atoms with Crippen molar-refractivity contribution >= 4 is 17.5 Å². The van der Waals surface area contributed by atoms with Gasteiger partial charge in [0, 0.05) is 24.2 Å². The molecule has 1 unspecified atom stereocenters. The van der Waals surface area contributed by atoms with Crippen LogP contribution in [-0.2, 0) is 16.0 Å². The highest BCUT2D eigenvalue weighted by molar-refractivity contribution is 5.88. The number of halogens is 1. The average molecular weight is 354 g/mol. The quantitative estimate of drug-likeness (QED) is 0.850. The van der Waals surface area contributed by atoms with E-state index in [0.717, 1.165) is 18.4 Å². The summed E-state index contributed by atoms with van der Waals surface area (Å²) >= 11 is 0. The highest BCUT2D eigenvalue weighted by Gasteiger charge is 2.36. The molecular weight excluding hydrogens is 331 g/mol. The number of hydrogen-bond donors (Lipinski definition) is 1. The summed E-state index contributed by atoms with van der Waals surface area (Å²) in [4.78, 5) is 25.8. The van der Waals surface area contributed by atoms with Crippen molar-refractivity contribution in [1.82, 2.24) is 4.90 Å². The van der Waals surface area contributed by atoms with Gasteiger partial charge in [-0.2, -0.15) is 0 Å². The number of amides is 2. The van der Waals surface area contributed by atoms with Crippen molar-refractivity contribution in [1.29, 1.82) is 0 Å². The van der Waals surface area contributed by atoms with E-state index in [4.69, 9.17) is 0 Å². The van der Waals surface area contributed by atoms with Gasteiger partial charge in [0.1, 0.15) is 5.82 Å². The van der Waals surface area contributed by atoms with Crippen LogP contribution in [-0.4, -0.2) is 22.8 Å². The summed E-state index contributed by atoms with van der Waals surface area (Å²) in [6.45, 7) is 3.34. The molecule has 2 amide bonds. The molecule has 0 spiro atoms. The Balaban J connectivity index is 1.73. The first kappa shape index (κ1) is 18.1. The molecule has 1 fully saturated rings. The fraction of sp³-hybridized carbons (Fsp3) is 0.333. The van der Waals surface area contributed by atoms with Crippen LogP contribution in [0.4, 0.5) is 10.1 Å². The molecule has 2 aromatic carbocycles. The van der Waals surface area contributed by atoms with E-state index in [1.165, 1.54) is 13.0 Å². The zero-order valence-electron chi connectivity index (χ0n) is 15.0. The Morgan fingerprint density at radius 1 is 1.15 bits per heavy atom. The zero-order valence-corrected chi connectivity index (χ0v) is 15.0. The second kappa shape index (κ2) is 7.68. The van der Waals surface area contributed by atoms with Gasteiger partial charge in [0.25, 0.3) is 0 Å². The van der Waals surface area contributed by atoms with E-state index in [1.54, 1.807) is 30.3 Å². The molecule has 0 saturated heterocycles. The number of benzene rings is 2. The van der Waals surface area contributed by atoms with E-state index in [-0.39, 0.29) is 36.1 Å². The number of nitrogens with one attached hydrogen (secondary N) is 1. The summed E-state index contributed by atoms with van der Waals surface area (Å²) in [5.74, 6) is -0.416. The van der Waals surface area contributed by atoms with Gasteiger partial charge in [-0.1, -0.05) is 30.3 Å². The summed E-state index contributed by atoms with van der Waals surface area (Å²) in [6, 6.07) is 13.8. The number of anilines is 1. The minimum Gasteiger partial charge on any atom is -0.333 e. The summed E-state index contributed by atoms with van der Waals surface area (Å²) in [5, 5.41) is 2.71. The average Bonchev–Trinajstić information content (AvgIpc) is 3.41. The van der Waals surface area contributed by atoms with Crippen LogP contribution in [0.15, 0.2) is 48.5 Å². The largest absolute Gasteiger partial charge is 0.333 e. The summed E-state index contributed by atoms with van der Waals surface area (Å²) < 4.78 is 14.2. The third kappa shape index (κ3) is 4.28. The Morgan fingerprint density at radius 3 is 2.38 bits per heavy atom. The van der Waals surface area contributed by atoms with E-state index in [0.29, 0.717) is 11.3 Å². The van der Waals surface area contributed by atoms with Crippen molar-refractivity contribution < 1.29 is 14.0 Å². The van der Waals surface area contributed by atoms with E-state index in [1.807, 2.05) is 24.0 Å². The Morgan fingerprint density at radius 2 is 1.81 bits per heavy atom. The van der Waals surface area contributed by atoms with Crippen molar-refractivity contribution in [3.63, 3.8) is 0 Å². The first-order chi connectivity index (χ1) is 12.5. The lowest BCUT2D eigenvalue weighted by Gasteiger charge is -2.30. The molecule has 2 aromatic rings. The van der Waals surface area contributed by atoms with Crippen LogP contribution < -0.4 is 5.32 Å². The molecule has 0 aliphatic heterocycles. The SMILES string of the molecule is CC(=O)Nc1ccc(CC(=O)N(C2CC2)C(C)c2ccccc2F)cc1. The molecule has 0 radical (unpaired) electrons. The molecule has 26 heavy (non-hydrogen) atoms. The maximum atomic E-state index is 14.2. The number of carbonyl (C=O) groups excluding carboxylic acids is 2. The lowest BCUT2D eigenvalue weighted by molar-refractivity contribution is -0.133. The van der Waals surface area contributed by atoms with Crippen molar-refractivity contribution in [2.24, 2.45) is 0 Å². The number of carbonyl (C=O) groups is 2. The molecule has 0 heterocycles. The second-order valence-electron chi connectivity index (χ2n) is 6.78. The minimum atomic E-state index is -0.296. The normalized spacial score (nSPS) is 14.6. The smallest absolute Gasteiger partial charge is 0.227 e. The van der Waals surface area contributed by atoms with Gasteiger partial charge in [-0.25, -0.2) is 4.39 Å². The summed E-state index contributed by atoms with van der Waals surface area (Å²) in [6.07, 6.45) is 2.19. The van der Waals surface area contributed by atoms with Crippen LogP contribution >= 0.6 is 0 Å². The monoisotopic (exact) mass is 354 g/mol. The fourth-order valence-electron chi connectivity index (χ4n) is 3.23. The van der Waals surface area contributed by atoms with Gasteiger partial charge in [-0.15, -0.1) is 0 Å². The first-order valence-corrected chi connectivity index (χ1v) is 8.88. The number of nitrogens with zero attached hydrogens (tertiary/aromatic N) is 1. The van der Waals surface area contributed by atoms with Gasteiger partial charge in [-0.3, -0.25) is 9.59 Å². The third-order valence-corrected chi connectivity index (χ3v) is 4.63. The molecule has 3 rings (SSSR count). The summed E-state index contributed by atoms with van der Waals surface area (Å²) in [7, 11) is 0. The van der Waals surface area contributed by atoms with E-state index in [9.17, 15) is 14.0 Å². The molecule has 1 aliphatic carbocycles. The van der Waals surface area contributed by atoms with Crippen molar-refractivity contribution in [2.75, 3.05) is 5.32 Å². The zero-order chi connectivity index (χ0) is 18.7. The Labute approximate surface area is 153 Å². The van der Waals surface area contributed by atoms with Crippen LogP contribution in [0.25, 0.3) is 0 Å². The van der Waals surface area contributed by atoms with Gasteiger partial charge in [0.15, 0.2) is 0 Å². The molecule has 0 bridgehead atoms. The highest BCUT2D eigenvalue weighted by Crippen LogP contribution is 2.35. The van der Waals surface area contributed by atoms with Crippen LogP contribution in [0.3, 0.4) is 0 Å². The Bertz CT molecular complexity index is 800. The van der Waals surface area contributed by atoms with Crippen molar-refractivity contribution in [2.45, 2.75) is 45.2 Å². The Kier molecular flexibility index (Phi) is 5.35. The molecular formula is C21H23FN2O2. The van der Waals surface area contributed by atoms with E-state index < -0.39 is 0 Å². The lowest BCUT2D eigenvalue weighted by atomic mass is 10.0.